The summed E-state index contributed by atoms with van der Waals surface area (Å²) in [7, 11) is 1.54. The average molecular weight is 408 g/mol. The number of benzene rings is 2. The molecule has 0 saturated heterocycles. The molecule has 0 fully saturated rings. The largest absolute Gasteiger partial charge is 0.497 e. The van der Waals surface area contributed by atoms with Gasteiger partial charge in [0.25, 0.3) is 5.91 Å². The summed E-state index contributed by atoms with van der Waals surface area (Å²) in [6.45, 7) is 0. The van der Waals surface area contributed by atoms with Crippen LogP contribution in [0, 0.1) is 5.82 Å². The number of carbonyl (C=O) groups excluding carboxylic acids is 1. The summed E-state index contributed by atoms with van der Waals surface area (Å²) in [6, 6.07) is 10.0. The summed E-state index contributed by atoms with van der Waals surface area (Å²) in [5.41, 5.74) is 0.543. The Morgan fingerprint density at radius 1 is 1.21 bits per heavy atom. The van der Waals surface area contributed by atoms with Crippen LogP contribution in [-0.4, -0.2) is 18.0 Å². The van der Waals surface area contributed by atoms with Crippen molar-refractivity contribution in [2.24, 2.45) is 0 Å². The number of hydrogen-bond donors (Lipinski definition) is 0. The van der Waals surface area contributed by atoms with Crippen LogP contribution in [0.4, 0.5) is 9.52 Å². The molecule has 6 nitrogen and oxygen atoms in total. The molecule has 0 bridgehead atoms. The Morgan fingerprint density at radius 3 is 2.83 bits per heavy atom. The number of amides is 1. The van der Waals surface area contributed by atoms with Crippen LogP contribution in [0.2, 0.25) is 0 Å². The topological polar surface area (TPSA) is 72.6 Å². The maximum atomic E-state index is 13.8. The van der Waals surface area contributed by atoms with Crippen molar-refractivity contribution in [3.63, 3.8) is 0 Å². The van der Waals surface area contributed by atoms with Crippen molar-refractivity contribution in [3.8, 4) is 5.75 Å². The van der Waals surface area contributed by atoms with Gasteiger partial charge < -0.3 is 9.15 Å². The number of ether oxygens (including phenoxy) is 1. The number of thiazole rings is 1. The summed E-state index contributed by atoms with van der Waals surface area (Å²) >= 11 is 1.27. The molecule has 0 N–H and O–H groups in total. The Balaban J connectivity index is 1.83. The first-order valence-corrected chi connectivity index (χ1v) is 9.59. The Labute approximate surface area is 167 Å². The second-order valence-electron chi connectivity index (χ2n) is 6.48. The molecular weight excluding hydrogens is 395 g/mol. The van der Waals surface area contributed by atoms with E-state index in [0.29, 0.717) is 16.4 Å². The van der Waals surface area contributed by atoms with E-state index in [4.69, 9.17) is 9.15 Å². The molecule has 8 heteroatoms. The van der Waals surface area contributed by atoms with Crippen molar-refractivity contribution in [2.75, 3.05) is 12.0 Å². The highest BCUT2D eigenvalue weighted by molar-refractivity contribution is 7.13. The summed E-state index contributed by atoms with van der Waals surface area (Å²) in [6.07, 6.45) is 1.58. The van der Waals surface area contributed by atoms with Gasteiger partial charge in [0.1, 0.15) is 17.1 Å². The second-order valence-corrected chi connectivity index (χ2v) is 7.36. The first kappa shape index (κ1) is 17.6. The van der Waals surface area contributed by atoms with Gasteiger partial charge in [0.05, 0.1) is 24.1 Å². The average Bonchev–Trinajstić information content (AvgIpc) is 3.35. The number of hydrogen-bond acceptors (Lipinski definition) is 6. The maximum Gasteiger partial charge on any atom is 0.297 e. The second kappa shape index (κ2) is 6.52. The standard InChI is InChI=1S/C21H13FN2O4S/c1-27-13-4-2-3-11(9-13)17-16-18(25)14-10-12(22)5-6-15(14)28-19(16)20(26)24(17)21-23-7-8-29-21/h2-10,17H,1H3/t17-/m1/s1. The van der Waals surface area contributed by atoms with Crippen LogP contribution >= 0.6 is 11.3 Å². The minimum absolute atomic E-state index is 0.0582. The fourth-order valence-corrected chi connectivity index (χ4v) is 4.27. The zero-order valence-corrected chi connectivity index (χ0v) is 15.9. The molecule has 144 valence electrons. The van der Waals surface area contributed by atoms with Gasteiger partial charge in [-0.2, -0.15) is 0 Å². The molecular formula is C21H13FN2O4S. The lowest BCUT2D eigenvalue weighted by atomic mass is 9.98. The third-order valence-corrected chi connectivity index (χ3v) is 5.64. The molecule has 0 radical (unpaired) electrons. The molecule has 0 aliphatic carbocycles. The van der Waals surface area contributed by atoms with Crippen LogP contribution in [0.25, 0.3) is 11.0 Å². The van der Waals surface area contributed by atoms with E-state index in [1.165, 1.54) is 35.5 Å². The molecule has 1 amide bonds. The number of fused-ring (bicyclic) bond motifs is 2. The fourth-order valence-electron chi connectivity index (χ4n) is 3.60. The zero-order valence-electron chi connectivity index (χ0n) is 15.1. The molecule has 0 unspecified atom stereocenters. The number of methoxy groups -OCH3 is 1. The summed E-state index contributed by atoms with van der Waals surface area (Å²) in [5.74, 6) is -0.495. The van der Waals surface area contributed by atoms with E-state index >= 15 is 0 Å². The Bertz CT molecular complexity index is 1320. The SMILES string of the molecule is COc1cccc([C@@H]2c3c(oc4ccc(F)cc4c3=O)C(=O)N2c2nccs2)c1. The maximum absolute atomic E-state index is 13.8. The van der Waals surface area contributed by atoms with Crippen LogP contribution < -0.4 is 15.1 Å². The van der Waals surface area contributed by atoms with E-state index in [-0.39, 0.29) is 22.3 Å². The molecule has 0 saturated carbocycles. The fraction of sp³-hybridized carbons (Fsp3) is 0.0952. The summed E-state index contributed by atoms with van der Waals surface area (Å²) in [5, 5.41) is 2.27. The number of carbonyl (C=O) groups is 1. The third kappa shape index (κ3) is 2.64. The molecule has 2 aromatic heterocycles. The molecule has 3 heterocycles. The van der Waals surface area contributed by atoms with Gasteiger partial charge in [0, 0.05) is 11.6 Å². The van der Waals surface area contributed by atoms with Gasteiger partial charge in [0.15, 0.2) is 10.6 Å². The van der Waals surface area contributed by atoms with Crippen LogP contribution in [0.1, 0.15) is 27.7 Å². The van der Waals surface area contributed by atoms with Crippen molar-refractivity contribution >= 4 is 33.3 Å². The van der Waals surface area contributed by atoms with Gasteiger partial charge in [-0.3, -0.25) is 14.5 Å². The van der Waals surface area contributed by atoms with E-state index in [0.717, 1.165) is 6.07 Å². The monoisotopic (exact) mass is 408 g/mol. The number of anilines is 1. The molecule has 1 aliphatic heterocycles. The summed E-state index contributed by atoms with van der Waals surface area (Å²) < 4.78 is 24.9. The third-order valence-electron chi connectivity index (χ3n) is 4.87. The molecule has 0 spiro atoms. The van der Waals surface area contributed by atoms with Crippen molar-refractivity contribution in [3.05, 3.63) is 87.0 Å². The van der Waals surface area contributed by atoms with Crippen molar-refractivity contribution in [2.45, 2.75) is 6.04 Å². The van der Waals surface area contributed by atoms with E-state index in [9.17, 15) is 14.0 Å². The number of aromatic nitrogens is 1. The molecule has 4 aromatic rings. The van der Waals surface area contributed by atoms with E-state index in [2.05, 4.69) is 4.98 Å². The van der Waals surface area contributed by atoms with Crippen molar-refractivity contribution in [1.29, 1.82) is 0 Å². The van der Waals surface area contributed by atoms with E-state index in [1.807, 2.05) is 0 Å². The molecule has 5 rings (SSSR count). The molecule has 1 atom stereocenters. The van der Waals surface area contributed by atoms with Gasteiger partial charge in [-0.15, -0.1) is 11.3 Å². The van der Waals surface area contributed by atoms with Gasteiger partial charge in [-0.1, -0.05) is 12.1 Å². The van der Waals surface area contributed by atoms with E-state index < -0.39 is 23.2 Å². The highest BCUT2D eigenvalue weighted by atomic mass is 32.1. The van der Waals surface area contributed by atoms with E-state index in [1.54, 1.807) is 35.8 Å². The van der Waals surface area contributed by atoms with Crippen LogP contribution in [0.5, 0.6) is 5.75 Å². The minimum atomic E-state index is -0.761. The Morgan fingerprint density at radius 2 is 2.07 bits per heavy atom. The predicted molar refractivity (Wildman–Crippen MR) is 106 cm³/mol. The normalized spacial score (nSPS) is 15.7. The lowest BCUT2D eigenvalue weighted by Crippen LogP contribution is -2.29. The lowest BCUT2D eigenvalue weighted by Gasteiger charge is -2.22. The lowest BCUT2D eigenvalue weighted by molar-refractivity contribution is 0.0971. The van der Waals surface area contributed by atoms with Gasteiger partial charge in [-0.25, -0.2) is 9.37 Å². The van der Waals surface area contributed by atoms with Gasteiger partial charge in [-0.05, 0) is 35.9 Å². The first-order chi connectivity index (χ1) is 14.1. The number of halogens is 1. The zero-order chi connectivity index (χ0) is 20.1. The number of rotatable bonds is 3. The summed E-state index contributed by atoms with van der Waals surface area (Å²) in [4.78, 5) is 32.3. The predicted octanol–water partition coefficient (Wildman–Crippen LogP) is 4.15. The quantitative estimate of drug-likeness (QED) is 0.509. The van der Waals surface area contributed by atoms with Gasteiger partial charge >= 0.3 is 0 Å². The minimum Gasteiger partial charge on any atom is -0.497 e. The van der Waals surface area contributed by atoms with Gasteiger partial charge in [0.2, 0.25) is 5.76 Å². The molecule has 2 aromatic carbocycles. The highest BCUT2D eigenvalue weighted by Crippen LogP contribution is 2.42. The molecule has 1 aliphatic rings. The van der Waals surface area contributed by atoms with Crippen molar-refractivity contribution in [1.82, 2.24) is 4.98 Å². The first-order valence-electron chi connectivity index (χ1n) is 8.71. The smallest absolute Gasteiger partial charge is 0.297 e. The number of nitrogens with zero attached hydrogens (tertiary/aromatic N) is 2. The van der Waals surface area contributed by atoms with Crippen LogP contribution in [-0.2, 0) is 0 Å². The Kier molecular flexibility index (Phi) is 3.95. The van der Waals surface area contributed by atoms with Crippen molar-refractivity contribution < 1.29 is 18.3 Å². The Hall–Kier alpha value is -3.52. The van der Waals surface area contributed by atoms with Crippen LogP contribution in [0.15, 0.2) is 63.3 Å². The van der Waals surface area contributed by atoms with Crippen LogP contribution in [0.3, 0.4) is 0 Å². The highest BCUT2D eigenvalue weighted by Gasteiger charge is 2.44. The molecule has 29 heavy (non-hydrogen) atoms.